The summed E-state index contributed by atoms with van der Waals surface area (Å²) in [6.45, 7) is 0. The lowest BCUT2D eigenvalue weighted by molar-refractivity contribution is 0.0595. The summed E-state index contributed by atoms with van der Waals surface area (Å²) in [5.74, 6) is 3.08. The van der Waals surface area contributed by atoms with Gasteiger partial charge in [-0.2, -0.15) is 5.26 Å². The quantitative estimate of drug-likeness (QED) is 0.513. The van der Waals surface area contributed by atoms with Crippen LogP contribution in [0.1, 0.15) is 15.9 Å². The van der Waals surface area contributed by atoms with Gasteiger partial charge in [-0.05, 0) is 18.2 Å². The Kier molecular flexibility index (Phi) is 3.43. The van der Waals surface area contributed by atoms with Crippen molar-refractivity contribution < 1.29 is 13.9 Å². The van der Waals surface area contributed by atoms with Crippen molar-refractivity contribution in [1.82, 2.24) is 0 Å². The van der Waals surface area contributed by atoms with Crippen LogP contribution in [0.15, 0.2) is 18.2 Å². The van der Waals surface area contributed by atoms with Crippen LogP contribution in [0, 0.1) is 29.0 Å². The fourth-order valence-corrected chi connectivity index (χ4v) is 0.968. The van der Waals surface area contributed by atoms with Crippen molar-refractivity contribution in [3.63, 3.8) is 0 Å². The van der Waals surface area contributed by atoms with Crippen molar-refractivity contribution in [2.45, 2.75) is 0 Å². The molecule has 0 aliphatic rings. The van der Waals surface area contributed by atoms with Crippen molar-refractivity contribution in [1.29, 1.82) is 5.26 Å². The number of ether oxygens (including phenoxy) is 1. The van der Waals surface area contributed by atoms with Gasteiger partial charge >= 0.3 is 5.97 Å². The lowest BCUT2D eigenvalue weighted by Crippen LogP contribution is -2.04. The number of benzene rings is 1. The van der Waals surface area contributed by atoms with Gasteiger partial charge in [0.05, 0.1) is 12.7 Å². The lowest BCUT2D eigenvalue weighted by Gasteiger charge is -2.00. The van der Waals surface area contributed by atoms with Gasteiger partial charge in [-0.15, -0.1) is 0 Å². The van der Waals surface area contributed by atoms with Gasteiger partial charge in [0.25, 0.3) is 0 Å². The second-order valence-corrected chi connectivity index (χ2v) is 2.55. The zero-order chi connectivity index (χ0) is 11.3. The molecule has 0 fully saturated rings. The van der Waals surface area contributed by atoms with E-state index in [0.717, 1.165) is 6.07 Å². The molecule has 0 aliphatic carbocycles. The number of carbonyl (C=O) groups is 1. The normalized spacial score (nSPS) is 8.33. The van der Waals surface area contributed by atoms with Crippen LogP contribution in [-0.4, -0.2) is 13.1 Å². The van der Waals surface area contributed by atoms with Crippen molar-refractivity contribution >= 4 is 5.97 Å². The Morgan fingerprint density at radius 3 is 2.80 bits per heavy atom. The van der Waals surface area contributed by atoms with Crippen molar-refractivity contribution in [3.8, 4) is 17.9 Å². The van der Waals surface area contributed by atoms with Crippen LogP contribution in [0.4, 0.5) is 4.39 Å². The Hall–Kier alpha value is -2.33. The number of hydrogen-bond acceptors (Lipinski definition) is 3. The number of nitriles is 1. The molecule has 0 amide bonds. The van der Waals surface area contributed by atoms with E-state index in [-0.39, 0.29) is 5.56 Å². The molecular weight excluding hydrogens is 197 g/mol. The van der Waals surface area contributed by atoms with Crippen LogP contribution in [0.2, 0.25) is 0 Å². The van der Waals surface area contributed by atoms with E-state index in [9.17, 15) is 9.18 Å². The predicted octanol–water partition coefficient (Wildman–Crippen LogP) is 1.49. The highest BCUT2D eigenvalue weighted by atomic mass is 19.1. The van der Waals surface area contributed by atoms with E-state index in [4.69, 9.17) is 5.26 Å². The summed E-state index contributed by atoms with van der Waals surface area (Å²) in [5.41, 5.74) is 0.182. The van der Waals surface area contributed by atoms with Crippen LogP contribution in [0.25, 0.3) is 0 Å². The summed E-state index contributed by atoms with van der Waals surface area (Å²) in [4.78, 5) is 11.0. The van der Waals surface area contributed by atoms with Gasteiger partial charge in [0.2, 0.25) is 0 Å². The molecule has 74 valence electrons. The molecule has 1 rings (SSSR count). The van der Waals surface area contributed by atoms with E-state index in [0.29, 0.717) is 5.56 Å². The molecule has 1 aromatic rings. The molecule has 0 unspecified atom stereocenters. The molecule has 0 heterocycles. The molecule has 0 bridgehead atoms. The average Bonchev–Trinajstić information content (AvgIpc) is 2.25. The molecule has 0 atom stereocenters. The van der Waals surface area contributed by atoms with Crippen molar-refractivity contribution in [2.24, 2.45) is 0 Å². The second kappa shape index (κ2) is 4.78. The van der Waals surface area contributed by atoms with Gasteiger partial charge in [0, 0.05) is 11.5 Å². The number of nitrogens with zero attached hydrogens (tertiary/aromatic N) is 1. The Balaban J connectivity index is 3.10. The number of halogens is 1. The van der Waals surface area contributed by atoms with E-state index >= 15 is 0 Å². The van der Waals surface area contributed by atoms with Crippen LogP contribution in [0.3, 0.4) is 0 Å². The monoisotopic (exact) mass is 203 g/mol. The molecule has 0 saturated carbocycles. The maximum absolute atomic E-state index is 13.3. The van der Waals surface area contributed by atoms with Gasteiger partial charge in [0.15, 0.2) is 6.07 Å². The van der Waals surface area contributed by atoms with E-state index in [1.54, 1.807) is 6.07 Å². The highest BCUT2D eigenvalue weighted by Crippen LogP contribution is 2.10. The van der Waals surface area contributed by atoms with Gasteiger partial charge in [-0.25, -0.2) is 9.18 Å². The molecule has 0 aliphatic heterocycles. The minimum atomic E-state index is -0.743. The third kappa shape index (κ3) is 2.55. The molecular formula is C11H6FNO2. The number of rotatable bonds is 1. The van der Waals surface area contributed by atoms with Gasteiger partial charge in [-0.3, -0.25) is 0 Å². The molecule has 15 heavy (non-hydrogen) atoms. The predicted molar refractivity (Wildman–Crippen MR) is 50.2 cm³/mol. The summed E-state index contributed by atoms with van der Waals surface area (Å²) in [5, 5.41) is 8.19. The zero-order valence-electron chi connectivity index (χ0n) is 7.87. The van der Waals surface area contributed by atoms with E-state index < -0.39 is 11.8 Å². The maximum Gasteiger partial charge on any atom is 0.340 e. The Bertz CT molecular complexity index is 492. The number of methoxy groups -OCH3 is 1. The molecule has 0 saturated heterocycles. The highest BCUT2D eigenvalue weighted by molar-refractivity contribution is 5.89. The second-order valence-electron chi connectivity index (χ2n) is 2.55. The van der Waals surface area contributed by atoms with Gasteiger partial charge in [0.1, 0.15) is 5.82 Å². The van der Waals surface area contributed by atoms with Gasteiger partial charge in [-0.1, -0.05) is 5.92 Å². The number of esters is 1. The lowest BCUT2D eigenvalue weighted by atomic mass is 10.1. The third-order valence-electron chi connectivity index (χ3n) is 1.64. The number of carbonyl (C=O) groups excluding carboxylic acids is 1. The molecule has 1 aromatic carbocycles. The minimum Gasteiger partial charge on any atom is -0.465 e. The SMILES string of the molecule is COC(=O)c1ccc(C#CC#N)cc1F. The Morgan fingerprint density at radius 1 is 1.53 bits per heavy atom. The van der Waals surface area contributed by atoms with E-state index in [2.05, 4.69) is 16.6 Å². The first-order chi connectivity index (χ1) is 7.19. The largest absolute Gasteiger partial charge is 0.465 e. The third-order valence-corrected chi connectivity index (χ3v) is 1.64. The van der Waals surface area contributed by atoms with Crippen molar-refractivity contribution in [2.75, 3.05) is 7.11 Å². The smallest absolute Gasteiger partial charge is 0.340 e. The molecule has 4 heteroatoms. The van der Waals surface area contributed by atoms with Crippen LogP contribution in [-0.2, 0) is 4.74 Å². The van der Waals surface area contributed by atoms with Crippen LogP contribution in [0.5, 0.6) is 0 Å². The minimum absolute atomic E-state index is 0.153. The van der Waals surface area contributed by atoms with Gasteiger partial charge < -0.3 is 4.74 Å². The standard InChI is InChI=1S/C11H6FNO2/c1-15-11(14)9-5-4-8(3-2-6-13)7-10(9)12/h4-5,7H,1H3. The van der Waals surface area contributed by atoms with Crippen LogP contribution >= 0.6 is 0 Å². The highest BCUT2D eigenvalue weighted by Gasteiger charge is 2.11. The van der Waals surface area contributed by atoms with E-state index in [1.165, 1.54) is 19.2 Å². The molecule has 0 N–H and O–H groups in total. The zero-order valence-corrected chi connectivity index (χ0v) is 7.87. The van der Waals surface area contributed by atoms with E-state index in [1.807, 2.05) is 0 Å². The summed E-state index contributed by atoms with van der Waals surface area (Å²) in [6, 6.07) is 5.40. The Labute approximate surface area is 86.1 Å². The van der Waals surface area contributed by atoms with Crippen molar-refractivity contribution in [3.05, 3.63) is 35.1 Å². The summed E-state index contributed by atoms with van der Waals surface area (Å²) in [7, 11) is 1.17. The summed E-state index contributed by atoms with van der Waals surface area (Å²) in [6.07, 6.45) is 0. The molecule has 0 aromatic heterocycles. The molecule has 0 radical (unpaired) electrons. The topological polar surface area (TPSA) is 50.1 Å². The molecule has 3 nitrogen and oxygen atoms in total. The summed E-state index contributed by atoms with van der Waals surface area (Å²) >= 11 is 0. The first kappa shape index (κ1) is 10.7. The average molecular weight is 203 g/mol. The molecule has 0 spiro atoms. The summed E-state index contributed by atoms with van der Waals surface area (Å²) < 4.78 is 17.6. The van der Waals surface area contributed by atoms with Crippen LogP contribution < -0.4 is 0 Å². The fourth-order valence-electron chi connectivity index (χ4n) is 0.968. The first-order valence-electron chi connectivity index (χ1n) is 3.97. The first-order valence-corrected chi connectivity index (χ1v) is 3.97. The Morgan fingerprint density at radius 2 is 2.27 bits per heavy atom. The fraction of sp³-hybridized carbons (Fsp3) is 0.0909. The number of hydrogen-bond donors (Lipinski definition) is 0. The maximum atomic E-state index is 13.3.